The van der Waals surface area contributed by atoms with E-state index in [0.717, 1.165) is 24.8 Å². The highest BCUT2D eigenvalue weighted by molar-refractivity contribution is 5.99. The summed E-state index contributed by atoms with van der Waals surface area (Å²) in [5.41, 5.74) is 2.01. The Morgan fingerprint density at radius 2 is 1.76 bits per heavy atom. The molecular weight excluding hydrogens is 321 g/mol. The molecule has 1 fully saturated rings. The first kappa shape index (κ1) is 17.0. The molecule has 1 aliphatic heterocycles. The molecule has 6 heteroatoms. The summed E-state index contributed by atoms with van der Waals surface area (Å²) in [4.78, 5) is 26.1. The number of rotatable bonds is 5. The van der Waals surface area contributed by atoms with Gasteiger partial charge in [-0.25, -0.2) is 4.39 Å². The lowest BCUT2D eigenvalue weighted by Gasteiger charge is -2.17. The van der Waals surface area contributed by atoms with E-state index in [2.05, 4.69) is 15.5 Å². The van der Waals surface area contributed by atoms with Crippen LogP contribution in [0.4, 0.5) is 15.8 Å². The molecule has 0 saturated carbocycles. The van der Waals surface area contributed by atoms with Crippen molar-refractivity contribution in [3.05, 3.63) is 59.9 Å². The number of benzene rings is 2. The second-order valence-electron chi connectivity index (χ2n) is 5.98. The molecule has 130 valence electrons. The zero-order chi connectivity index (χ0) is 17.6. The van der Waals surface area contributed by atoms with E-state index in [1.807, 2.05) is 24.3 Å². The van der Waals surface area contributed by atoms with Gasteiger partial charge in [-0.3, -0.25) is 9.59 Å². The van der Waals surface area contributed by atoms with Crippen molar-refractivity contribution in [3.63, 3.8) is 0 Å². The molecule has 0 aliphatic carbocycles. The number of hydrogen-bond acceptors (Lipinski definition) is 3. The van der Waals surface area contributed by atoms with Crippen molar-refractivity contribution >= 4 is 23.2 Å². The maximum absolute atomic E-state index is 13.1. The van der Waals surface area contributed by atoms with E-state index in [9.17, 15) is 14.0 Å². The Labute approximate surface area is 145 Å². The fraction of sp³-hybridized carbons (Fsp3) is 0.263. The van der Waals surface area contributed by atoms with Crippen LogP contribution < -0.4 is 15.5 Å². The third-order valence-corrected chi connectivity index (χ3v) is 4.12. The molecule has 2 aromatic carbocycles. The van der Waals surface area contributed by atoms with Gasteiger partial charge < -0.3 is 15.5 Å². The van der Waals surface area contributed by atoms with Gasteiger partial charge in [0.15, 0.2) is 0 Å². The van der Waals surface area contributed by atoms with Crippen LogP contribution in [0.15, 0.2) is 48.5 Å². The van der Waals surface area contributed by atoms with E-state index in [1.165, 1.54) is 31.0 Å². The molecule has 1 saturated heterocycles. The van der Waals surface area contributed by atoms with Crippen LogP contribution in [-0.2, 0) is 4.79 Å². The van der Waals surface area contributed by atoms with Gasteiger partial charge in [-0.1, -0.05) is 6.07 Å². The lowest BCUT2D eigenvalue weighted by Crippen LogP contribution is -2.32. The SMILES string of the molecule is O=C(CNC(=O)c1cccc(F)c1)Nc1ccc(N2CCCC2)cc1. The van der Waals surface area contributed by atoms with Crippen LogP contribution in [0.1, 0.15) is 23.2 Å². The second-order valence-corrected chi connectivity index (χ2v) is 5.98. The molecule has 2 aromatic rings. The average molecular weight is 341 g/mol. The Bertz CT molecular complexity index is 756. The predicted molar refractivity (Wildman–Crippen MR) is 95.3 cm³/mol. The van der Waals surface area contributed by atoms with Crippen molar-refractivity contribution in [1.82, 2.24) is 5.32 Å². The third-order valence-electron chi connectivity index (χ3n) is 4.12. The van der Waals surface area contributed by atoms with E-state index < -0.39 is 11.7 Å². The number of amides is 2. The van der Waals surface area contributed by atoms with Crippen molar-refractivity contribution in [2.24, 2.45) is 0 Å². The van der Waals surface area contributed by atoms with Crippen LogP contribution in [0.25, 0.3) is 0 Å². The topological polar surface area (TPSA) is 61.4 Å². The molecule has 0 atom stereocenters. The minimum Gasteiger partial charge on any atom is -0.372 e. The summed E-state index contributed by atoms with van der Waals surface area (Å²) in [6.45, 7) is 1.96. The molecule has 1 heterocycles. The molecule has 0 unspecified atom stereocenters. The number of nitrogens with zero attached hydrogens (tertiary/aromatic N) is 1. The summed E-state index contributed by atoms with van der Waals surface area (Å²) in [7, 11) is 0. The van der Waals surface area contributed by atoms with Crippen molar-refractivity contribution in [2.45, 2.75) is 12.8 Å². The van der Waals surface area contributed by atoms with Crippen LogP contribution in [0, 0.1) is 5.82 Å². The van der Waals surface area contributed by atoms with E-state index in [-0.39, 0.29) is 18.0 Å². The zero-order valence-corrected chi connectivity index (χ0v) is 13.8. The zero-order valence-electron chi connectivity index (χ0n) is 13.8. The number of anilines is 2. The van der Waals surface area contributed by atoms with Gasteiger partial charge in [-0.05, 0) is 55.3 Å². The molecule has 3 rings (SSSR count). The maximum atomic E-state index is 13.1. The number of halogens is 1. The molecule has 0 bridgehead atoms. The quantitative estimate of drug-likeness (QED) is 0.879. The molecule has 0 radical (unpaired) electrons. The van der Waals surface area contributed by atoms with E-state index in [4.69, 9.17) is 0 Å². The van der Waals surface area contributed by atoms with E-state index in [0.29, 0.717) is 5.69 Å². The number of hydrogen-bond donors (Lipinski definition) is 2. The van der Waals surface area contributed by atoms with Crippen LogP contribution >= 0.6 is 0 Å². The first-order valence-electron chi connectivity index (χ1n) is 8.30. The third kappa shape index (κ3) is 4.56. The van der Waals surface area contributed by atoms with E-state index in [1.54, 1.807) is 0 Å². The Morgan fingerprint density at radius 3 is 2.44 bits per heavy atom. The van der Waals surface area contributed by atoms with Crippen LogP contribution in [0.3, 0.4) is 0 Å². The molecule has 5 nitrogen and oxygen atoms in total. The summed E-state index contributed by atoms with van der Waals surface area (Å²) in [6, 6.07) is 13.0. The monoisotopic (exact) mass is 341 g/mol. The fourth-order valence-corrected chi connectivity index (χ4v) is 2.83. The molecule has 2 amide bonds. The Morgan fingerprint density at radius 1 is 1.04 bits per heavy atom. The van der Waals surface area contributed by atoms with Crippen LogP contribution in [0.5, 0.6) is 0 Å². The van der Waals surface area contributed by atoms with Crippen molar-refractivity contribution in [3.8, 4) is 0 Å². The highest BCUT2D eigenvalue weighted by atomic mass is 19.1. The summed E-state index contributed by atoms with van der Waals surface area (Å²) >= 11 is 0. The highest BCUT2D eigenvalue weighted by Gasteiger charge is 2.12. The average Bonchev–Trinajstić information content (AvgIpc) is 3.15. The largest absolute Gasteiger partial charge is 0.372 e. The molecule has 1 aliphatic rings. The van der Waals surface area contributed by atoms with Gasteiger partial charge >= 0.3 is 0 Å². The van der Waals surface area contributed by atoms with Gasteiger partial charge in [0.05, 0.1) is 6.54 Å². The van der Waals surface area contributed by atoms with Crippen molar-refractivity contribution in [2.75, 3.05) is 29.9 Å². The van der Waals surface area contributed by atoms with Crippen LogP contribution in [-0.4, -0.2) is 31.4 Å². The van der Waals surface area contributed by atoms with Crippen molar-refractivity contribution in [1.29, 1.82) is 0 Å². The minimum absolute atomic E-state index is 0.177. The summed E-state index contributed by atoms with van der Waals surface area (Å²) in [5.74, 6) is -1.31. The lowest BCUT2D eigenvalue weighted by atomic mass is 10.2. The highest BCUT2D eigenvalue weighted by Crippen LogP contribution is 2.21. The maximum Gasteiger partial charge on any atom is 0.251 e. The number of nitrogens with one attached hydrogen (secondary N) is 2. The molecule has 25 heavy (non-hydrogen) atoms. The van der Waals surface area contributed by atoms with Crippen molar-refractivity contribution < 1.29 is 14.0 Å². The second kappa shape index (κ2) is 7.79. The first-order valence-corrected chi connectivity index (χ1v) is 8.30. The standard InChI is InChI=1S/C19H20FN3O2/c20-15-5-3-4-14(12-15)19(25)21-13-18(24)22-16-6-8-17(9-7-16)23-10-1-2-11-23/h3-9,12H,1-2,10-11,13H2,(H,21,25)(H,22,24). The summed E-state index contributed by atoms with van der Waals surface area (Å²) in [5, 5.41) is 5.21. The van der Waals surface area contributed by atoms with Gasteiger partial charge in [-0.15, -0.1) is 0 Å². The minimum atomic E-state index is -0.491. The van der Waals surface area contributed by atoms with Crippen LogP contribution in [0.2, 0.25) is 0 Å². The molecular formula is C19H20FN3O2. The molecule has 2 N–H and O–H groups in total. The first-order chi connectivity index (χ1) is 12.1. The number of carbonyl (C=O) groups is 2. The summed E-state index contributed by atoms with van der Waals surface area (Å²) < 4.78 is 13.1. The van der Waals surface area contributed by atoms with Gasteiger partial charge in [0.25, 0.3) is 5.91 Å². The molecule has 0 aromatic heterocycles. The Kier molecular flexibility index (Phi) is 5.28. The predicted octanol–water partition coefficient (Wildman–Crippen LogP) is 2.79. The fourth-order valence-electron chi connectivity index (χ4n) is 2.83. The Hall–Kier alpha value is -2.89. The summed E-state index contributed by atoms with van der Waals surface area (Å²) in [6.07, 6.45) is 2.42. The normalized spacial score (nSPS) is 13.6. The smallest absolute Gasteiger partial charge is 0.251 e. The van der Waals surface area contributed by atoms with Gasteiger partial charge in [0, 0.05) is 30.0 Å². The lowest BCUT2D eigenvalue weighted by molar-refractivity contribution is -0.115. The number of carbonyl (C=O) groups excluding carboxylic acids is 2. The van der Waals surface area contributed by atoms with Gasteiger partial charge in [0.1, 0.15) is 5.82 Å². The van der Waals surface area contributed by atoms with Gasteiger partial charge in [-0.2, -0.15) is 0 Å². The molecule has 0 spiro atoms. The van der Waals surface area contributed by atoms with Gasteiger partial charge in [0.2, 0.25) is 5.91 Å². The Balaban J connectivity index is 1.49. The van der Waals surface area contributed by atoms with E-state index >= 15 is 0 Å².